The van der Waals surface area contributed by atoms with Gasteiger partial charge < -0.3 is 9.64 Å². The summed E-state index contributed by atoms with van der Waals surface area (Å²) in [5.74, 6) is -0.500. The fourth-order valence-corrected chi connectivity index (χ4v) is 2.67. The molecule has 1 N–H and O–H groups in total. The van der Waals surface area contributed by atoms with Gasteiger partial charge in [0.2, 0.25) is 0 Å². The highest BCUT2D eigenvalue weighted by molar-refractivity contribution is 5.95. The number of aromatic nitrogens is 2. The Balaban J connectivity index is 1.82. The van der Waals surface area contributed by atoms with Crippen molar-refractivity contribution in [2.45, 2.75) is 19.2 Å². The number of ether oxygens (including phenoxy) is 1. The fraction of sp³-hybridized carbons (Fsp3) is 0.375. The zero-order valence-corrected chi connectivity index (χ0v) is 12.9. The van der Waals surface area contributed by atoms with Gasteiger partial charge in [0.1, 0.15) is 5.69 Å². The molecule has 0 unspecified atom stereocenters. The largest absolute Gasteiger partial charge is 0.416 e. The molecule has 1 aliphatic rings. The van der Waals surface area contributed by atoms with Crippen LogP contribution in [0.4, 0.5) is 13.2 Å². The molecule has 1 atom stereocenters. The second kappa shape index (κ2) is 6.27. The van der Waals surface area contributed by atoms with E-state index in [1.807, 2.05) is 30.3 Å². The molecule has 1 aromatic carbocycles. The Bertz CT molecular complexity index is 728. The van der Waals surface area contributed by atoms with Gasteiger partial charge in [0.25, 0.3) is 5.91 Å². The van der Waals surface area contributed by atoms with Crippen LogP contribution >= 0.6 is 0 Å². The Labute approximate surface area is 136 Å². The van der Waals surface area contributed by atoms with Crippen molar-refractivity contribution in [1.29, 1.82) is 0 Å². The molecule has 0 radical (unpaired) electrons. The number of alkyl halides is 3. The maximum Gasteiger partial charge on any atom is 0.416 e. The Morgan fingerprint density at radius 2 is 2.04 bits per heavy atom. The lowest BCUT2D eigenvalue weighted by Crippen LogP contribution is -2.51. The lowest BCUT2D eigenvalue weighted by molar-refractivity contribution is -0.233. The molecule has 0 aliphatic carbocycles. The third-order valence-corrected chi connectivity index (χ3v) is 3.99. The zero-order chi connectivity index (χ0) is 17.3. The molecule has 0 saturated carbocycles. The van der Waals surface area contributed by atoms with E-state index in [9.17, 15) is 18.0 Å². The SMILES string of the molecule is Cc1c(-c2ccccc2)n[nH]c1C(=O)N1CCO[C@H](C(F)(F)F)C1. The molecule has 24 heavy (non-hydrogen) atoms. The van der Waals surface area contributed by atoms with E-state index >= 15 is 0 Å². The number of benzene rings is 1. The van der Waals surface area contributed by atoms with Gasteiger partial charge in [-0.15, -0.1) is 0 Å². The average molecular weight is 339 g/mol. The van der Waals surface area contributed by atoms with E-state index in [1.54, 1.807) is 6.92 Å². The average Bonchev–Trinajstić information content (AvgIpc) is 2.96. The summed E-state index contributed by atoms with van der Waals surface area (Å²) < 4.78 is 43.1. The van der Waals surface area contributed by atoms with Crippen LogP contribution in [0.1, 0.15) is 16.1 Å². The molecule has 1 fully saturated rings. The highest BCUT2D eigenvalue weighted by Gasteiger charge is 2.44. The number of rotatable bonds is 2. The number of hydrogen-bond acceptors (Lipinski definition) is 3. The molecule has 3 rings (SSSR count). The molecular weight excluding hydrogens is 323 g/mol. The number of carbonyl (C=O) groups excluding carboxylic acids is 1. The minimum atomic E-state index is -4.49. The van der Waals surface area contributed by atoms with Crippen molar-refractivity contribution >= 4 is 5.91 Å². The summed E-state index contributed by atoms with van der Waals surface area (Å²) in [7, 11) is 0. The summed E-state index contributed by atoms with van der Waals surface area (Å²) in [6.45, 7) is 1.18. The maximum absolute atomic E-state index is 12.8. The van der Waals surface area contributed by atoms with Gasteiger partial charge in [-0.1, -0.05) is 30.3 Å². The monoisotopic (exact) mass is 339 g/mol. The molecule has 2 heterocycles. The van der Waals surface area contributed by atoms with E-state index in [4.69, 9.17) is 4.74 Å². The van der Waals surface area contributed by atoms with Crippen LogP contribution in [0.5, 0.6) is 0 Å². The topological polar surface area (TPSA) is 58.2 Å². The summed E-state index contributed by atoms with van der Waals surface area (Å²) in [6.07, 6.45) is -6.44. The third-order valence-electron chi connectivity index (χ3n) is 3.99. The molecular formula is C16H16F3N3O2. The first-order valence-corrected chi connectivity index (χ1v) is 7.46. The number of aromatic amines is 1. The molecule has 1 amide bonds. The van der Waals surface area contributed by atoms with E-state index in [0.29, 0.717) is 11.3 Å². The standard InChI is InChI=1S/C16H16F3N3O2/c1-10-13(11-5-3-2-4-6-11)20-21-14(10)15(23)22-7-8-24-12(9-22)16(17,18)19/h2-6,12H,7-9H2,1H3,(H,20,21)/t12-/m0/s1. The summed E-state index contributed by atoms with van der Waals surface area (Å²) in [6, 6.07) is 9.27. The summed E-state index contributed by atoms with van der Waals surface area (Å²) >= 11 is 0. The highest BCUT2D eigenvalue weighted by Crippen LogP contribution is 2.28. The van der Waals surface area contributed by atoms with Crippen LogP contribution in [-0.4, -0.2) is 53.0 Å². The van der Waals surface area contributed by atoms with Crippen molar-refractivity contribution in [2.24, 2.45) is 0 Å². The van der Waals surface area contributed by atoms with Gasteiger partial charge in [0.05, 0.1) is 18.8 Å². The normalized spacial score (nSPS) is 18.7. The summed E-state index contributed by atoms with van der Waals surface area (Å²) in [5.41, 5.74) is 2.26. The number of amides is 1. The van der Waals surface area contributed by atoms with E-state index in [-0.39, 0.29) is 18.8 Å². The number of nitrogens with one attached hydrogen (secondary N) is 1. The quantitative estimate of drug-likeness (QED) is 0.915. The number of halogens is 3. The highest BCUT2D eigenvalue weighted by atomic mass is 19.4. The molecule has 1 aliphatic heterocycles. The lowest BCUT2D eigenvalue weighted by atomic mass is 10.1. The van der Waals surface area contributed by atoms with Gasteiger partial charge in [-0.3, -0.25) is 9.89 Å². The minimum Gasteiger partial charge on any atom is -0.365 e. The zero-order valence-electron chi connectivity index (χ0n) is 12.9. The molecule has 128 valence electrons. The third kappa shape index (κ3) is 3.14. The van der Waals surface area contributed by atoms with Crippen molar-refractivity contribution in [2.75, 3.05) is 19.7 Å². The van der Waals surface area contributed by atoms with Crippen LogP contribution in [-0.2, 0) is 4.74 Å². The predicted molar refractivity (Wildman–Crippen MR) is 80.5 cm³/mol. The summed E-state index contributed by atoms with van der Waals surface area (Å²) in [4.78, 5) is 13.7. The van der Waals surface area contributed by atoms with Crippen LogP contribution in [0.2, 0.25) is 0 Å². The number of hydrogen-bond donors (Lipinski definition) is 1. The van der Waals surface area contributed by atoms with Crippen molar-refractivity contribution in [1.82, 2.24) is 15.1 Å². The van der Waals surface area contributed by atoms with Gasteiger partial charge in [0.15, 0.2) is 6.10 Å². The molecule has 0 bridgehead atoms. The Kier molecular flexibility index (Phi) is 4.31. The minimum absolute atomic E-state index is 0.116. The fourth-order valence-electron chi connectivity index (χ4n) is 2.67. The Morgan fingerprint density at radius 1 is 1.33 bits per heavy atom. The lowest BCUT2D eigenvalue weighted by Gasteiger charge is -2.33. The smallest absolute Gasteiger partial charge is 0.365 e. The first-order chi connectivity index (χ1) is 11.4. The van der Waals surface area contributed by atoms with Gasteiger partial charge >= 0.3 is 6.18 Å². The van der Waals surface area contributed by atoms with Gasteiger partial charge in [0, 0.05) is 17.7 Å². The van der Waals surface area contributed by atoms with Crippen molar-refractivity contribution in [3.05, 3.63) is 41.6 Å². The predicted octanol–water partition coefficient (Wildman–Crippen LogP) is 2.79. The first-order valence-electron chi connectivity index (χ1n) is 7.46. The van der Waals surface area contributed by atoms with E-state index in [1.165, 1.54) is 0 Å². The van der Waals surface area contributed by atoms with Crippen molar-refractivity contribution in [3.8, 4) is 11.3 Å². The van der Waals surface area contributed by atoms with Crippen LogP contribution in [0.15, 0.2) is 30.3 Å². The Hall–Kier alpha value is -2.35. The molecule has 5 nitrogen and oxygen atoms in total. The molecule has 8 heteroatoms. The van der Waals surface area contributed by atoms with E-state index in [2.05, 4.69) is 10.2 Å². The second-order valence-corrected chi connectivity index (χ2v) is 5.59. The van der Waals surface area contributed by atoms with Crippen LogP contribution < -0.4 is 0 Å². The second-order valence-electron chi connectivity index (χ2n) is 5.59. The number of carbonyl (C=O) groups is 1. The van der Waals surface area contributed by atoms with Crippen molar-refractivity contribution in [3.63, 3.8) is 0 Å². The maximum atomic E-state index is 12.8. The molecule has 2 aromatic rings. The van der Waals surface area contributed by atoms with Crippen molar-refractivity contribution < 1.29 is 22.7 Å². The van der Waals surface area contributed by atoms with Crippen LogP contribution in [0.3, 0.4) is 0 Å². The molecule has 0 spiro atoms. The molecule has 1 saturated heterocycles. The Morgan fingerprint density at radius 3 is 2.71 bits per heavy atom. The first kappa shape index (κ1) is 16.5. The van der Waals surface area contributed by atoms with E-state index < -0.39 is 24.7 Å². The van der Waals surface area contributed by atoms with Crippen LogP contribution in [0, 0.1) is 6.92 Å². The number of nitrogens with zero attached hydrogens (tertiary/aromatic N) is 2. The van der Waals surface area contributed by atoms with Gasteiger partial charge in [-0.2, -0.15) is 18.3 Å². The van der Waals surface area contributed by atoms with Crippen LogP contribution in [0.25, 0.3) is 11.3 Å². The number of H-pyrrole nitrogens is 1. The number of morpholine rings is 1. The molecule has 1 aromatic heterocycles. The van der Waals surface area contributed by atoms with E-state index in [0.717, 1.165) is 10.5 Å². The summed E-state index contributed by atoms with van der Waals surface area (Å²) in [5, 5.41) is 6.80. The van der Waals surface area contributed by atoms with Gasteiger partial charge in [-0.25, -0.2) is 0 Å². The van der Waals surface area contributed by atoms with Gasteiger partial charge in [-0.05, 0) is 6.92 Å².